The SMILES string of the molecule is N#CC(=NOC(O)C1OCCO1)c1ccccc1. The summed E-state index contributed by atoms with van der Waals surface area (Å²) in [5.41, 5.74) is 0.688. The minimum Gasteiger partial charge on any atom is -0.357 e. The van der Waals surface area contributed by atoms with Crippen molar-refractivity contribution >= 4 is 5.71 Å². The molecular weight excluding hydrogens is 236 g/mol. The van der Waals surface area contributed by atoms with Crippen LogP contribution in [0.15, 0.2) is 35.5 Å². The third-order valence-electron chi connectivity index (χ3n) is 2.29. The number of nitrogens with zero attached hydrogens (tertiary/aromatic N) is 2. The maximum Gasteiger partial charge on any atom is 0.276 e. The van der Waals surface area contributed by atoms with E-state index >= 15 is 0 Å². The van der Waals surface area contributed by atoms with Gasteiger partial charge in [-0.15, -0.1) is 0 Å². The number of oxime groups is 1. The van der Waals surface area contributed by atoms with E-state index in [9.17, 15) is 5.11 Å². The van der Waals surface area contributed by atoms with Crippen molar-refractivity contribution in [2.45, 2.75) is 12.6 Å². The Morgan fingerprint density at radius 3 is 2.67 bits per heavy atom. The first-order valence-corrected chi connectivity index (χ1v) is 5.42. The summed E-state index contributed by atoms with van der Waals surface area (Å²) in [6.07, 6.45) is -2.20. The van der Waals surface area contributed by atoms with E-state index in [0.717, 1.165) is 0 Å². The van der Waals surface area contributed by atoms with Crippen molar-refractivity contribution in [3.8, 4) is 6.07 Å². The van der Waals surface area contributed by atoms with E-state index < -0.39 is 12.6 Å². The highest BCUT2D eigenvalue weighted by Crippen LogP contribution is 2.10. The molecule has 0 bridgehead atoms. The van der Waals surface area contributed by atoms with Gasteiger partial charge in [-0.25, -0.2) is 0 Å². The monoisotopic (exact) mass is 248 g/mol. The highest BCUT2D eigenvalue weighted by molar-refractivity contribution is 6.11. The summed E-state index contributed by atoms with van der Waals surface area (Å²) < 4.78 is 10.1. The topological polar surface area (TPSA) is 84.1 Å². The highest BCUT2D eigenvalue weighted by Gasteiger charge is 2.26. The van der Waals surface area contributed by atoms with E-state index in [0.29, 0.717) is 18.8 Å². The third kappa shape index (κ3) is 3.05. The van der Waals surface area contributed by atoms with Crippen LogP contribution in [-0.2, 0) is 14.3 Å². The van der Waals surface area contributed by atoms with Crippen LogP contribution in [0.2, 0.25) is 0 Å². The lowest BCUT2D eigenvalue weighted by atomic mass is 10.1. The second-order valence-corrected chi connectivity index (χ2v) is 3.52. The molecule has 6 nitrogen and oxygen atoms in total. The number of aliphatic hydroxyl groups is 1. The molecule has 1 unspecified atom stereocenters. The Balaban J connectivity index is 2.00. The Bertz CT molecular complexity index is 449. The largest absolute Gasteiger partial charge is 0.357 e. The molecule has 1 aliphatic heterocycles. The van der Waals surface area contributed by atoms with E-state index in [-0.39, 0.29) is 5.71 Å². The lowest BCUT2D eigenvalue weighted by Gasteiger charge is -2.14. The van der Waals surface area contributed by atoms with Gasteiger partial charge in [-0.1, -0.05) is 35.5 Å². The van der Waals surface area contributed by atoms with Crippen LogP contribution in [0.25, 0.3) is 0 Å². The number of nitriles is 1. The van der Waals surface area contributed by atoms with Crippen LogP contribution in [0.3, 0.4) is 0 Å². The Hall–Kier alpha value is -1.94. The molecule has 0 amide bonds. The molecule has 1 aromatic carbocycles. The summed E-state index contributed by atoms with van der Waals surface area (Å²) in [4.78, 5) is 4.80. The lowest BCUT2D eigenvalue weighted by Crippen LogP contribution is -2.28. The van der Waals surface area contributed by atoms with Gasteiger partial charge >= 0.3 is 0 Å². The van der Waals surface area contributed by atoms with Crippen LogP contribution in [0, 0.1) is 11.3 Å². The van der Waals surface area contributed by atoms with E-state index in [1.807, 2.05) is 12.1 Å². The van der Waals surface area contributed by atoms with Crippen molar-refractivity contribution < 1.29 is 19.4 Å². The van der Waals surface area contributed by atoms with Crippen molar-refractivity contribution in [2.24, 2.45) is 5.16 Å². The average molecular weight is 248 g/mol. The van der Waals surface area contributed by atoms with Gasteiger partial charge in [0.2, 0.25) is 6.29 Å². The van der Waals surface area contributed by atoms with Crippen molar-refractivity contribution in [2.75, 3.05) is 13.2 Å². The maximum atomic E-state index is 9.55. The van der Waals surface area contributed by atoms with Gasteiger partial charge in [0.25, 0.3) is 6.29 Å². The van der Waals surface area contributed by atoms with Gasteiger partial charge in [0.05, 0.1) is 13.2 Å². The van der Waals surface area contributed by atoms with Crippen molar-refractivity contribution in [1.29, 1.82) is 5.26 Å². The number of aliphatic hydroxyl groups excluding tert-OH is 1. The van der Waals surface area contributed by atoms with Crippen LogP contribution in [-0.4, -0.2) is 36.6 Å². The third-order valence-corrected chi connectivity index (χ3v) is 2.29. The molecule has 1 heterocycles. The van der Waals surface area contributed by atoms with Gasteiger partial charge < -0.3 is 19.4 Å². The minimum absolute atomic E-state index is 0.0765. The van der Waals surface area contributed by atoms with Crippen LogP contribution >= 0.6 is 0 Å². The molecule has 0 spiro atoms. The van der Waals surface area contributed by atoms with Gasteiger partial charge in [0.1, 0.15) is 6.07 Å². The second-order valence-electron chi connectivity index (χ2n) is 3.52. The molecule has 1 fully saturated rings. The quantitative estimate of drug-likeness (QED) is 0.479. The molecule has 0 aliphatic carbocycles. The normalized spacial score (nSPS) is 18.3. The molecule has 0 aromatic heterocycles. The van der Waals surface area contributed by atoms with Crippen LogP contribution in [0.4, 0.5) is 0 Å². The van der Waals surface area contributed by atoms with Gasteiger partial charge in [-0.2, -0.15) is 5.26 Å². The molecule has 1 aromatic rings. The zero-order valence-corrected chi connectivity index (χ0v) is 9.52. The number of benzene rings is 1. The summed E-state index contributed by atoms with van der Waals surface area (Å²) in [7, 11) is 0. The summed E-state index contributed by atoms with van der Waals surface area (Å²) in [5, 5.41) is 22.1. The molecule has 1 saturated heterocycles. The first-order chi connectivity index (χ1) is 8.81. The molecule has 1 atom stereocenters. The smallest absolute Gasteiger partial charge is 0.276 e. The molecule has 0 saturated carbocycles. The number of ether oxygens (including phenoxy) is 2. The molecule has 6 heteroatoms. The molecular formula is C12H12N2O4. The Morgan fingerprint density at radius 1 is 1.39 bits per heavy atom. The first kappa shape index (κ1) is 12.5. The number of rotatable bonds is 4. The summed E-state index contributed by atoms with van der Waals surface area (Å²) in [6.45, 7) is 0.803. The number of hydrogen-bond acceptors (Lipinski definition) is 6. The minimum atomic E-state index is -1.35. The lowest BCUT2D eigenvalue weighted by molar-refractivity contribution is -0.228. The Kier molecular flexibility index (Phi) is 4.25. The maximum absolute atomic E-state index is 9.55. The van der Waals surface area contributed by atoms with Crippen LogP contribution < -0.4 is 0 Å². The summed E-state index contributed by atoms with van der Waals surface area (Å²) >= 11 is 0. The zero-order valence-electron chi connectivity index (χ0n) is 9.52. The fraction of sp³-hybridized carbons (Fsp3) is 0.333. The molecule has 94 valence electrons. The van der Waals surface area contributed by atoms with E-state index in [1.165, 1.54) is 0 Å². The highest BCUT2D eigenvalue weighted by atomic mass is 16.8. The average Bonchev–Trinajstić information content (AvgIpc) is 2.94. The van der Waals surface area contributed by atoms with Crippen LogP contribution in [0.5, 0.6) is 0 Å². The fourth-order valence-corrected chi connectivity index (χ4v) is 1.43. The molecule has 18 heavy (non-hydrogen) atoms. The Morgan fingerprint density at radius 2 is 2.06 bits per heavy atom. The fourth-order valence-electron chi connectivity index (χ4n) is 1.43. The Labute approximate surface area is 104 Å². The standard InChI is InChI=1S/C12H12N2O4/c13-8-10(9-4-2-1-3-5-9)14-18-11(15)12-16-6-7-17-12/h1-5,11-12,15H,6-7H2. The molecule has 2 rings (SSSR count). The van der Waals surface area contributed by atoms with E-state index in [1.54, 1.807) is 24.3 Å². The molecule has 1 aliphatic rings. The molecule has 0 radical (unpaired) electrons. The summed E-state index contributed by atoms with van der Waals surface area (Å²) in [6, 6.07) is 10.7. The van der Waals surface area contributed by atoms with Gasteiger partial charge in [-0.3, -0.25) is 0 Å². The predicted octanol–water partition coefficient (Wildman–Crippen LogP) is 0.622. The number of hydrogen-bond donors (Lipinski definition) is 1. The second kappa shape index (κ2) is 6.12. The van der Waals surface area contributed by atoms with Gasteiger partial charge in [0.15, 0.2) is 5.71 Å². The summed E-state index contributed by atoms with van der Waals surface area (Å²) in [5.74, 6) is 0. The van der Waals surface area contributed by atoms with E-state index in [2.05, 4.69) is 5.16 Å². The predicted molar refractivity (Wildman–Crippen MR) is 61.4 cm³/mol. The van der Waals surface area contributed by atoms with Gasteiger partial charge in [-0.05, 0) is 0 Å². The zero-order chi connectivity index (χ0) is 12.8. The van der Waals surface area contributed by atoms with Crippen molar-refractivity contribution in [3.63, 3.8) is 0 Å². The van der Waals surface area contributed by atoms with Crippen LogP contribution in [0.1, 0.15) is 5.56 Å². The van der Waals surface area contributed by atoms with E-state index in [4.69, 9.17) is 19.6 Å². The first-order valence-electron chi connectivity index (χ1n) is 5.42. The van der Waals surface area contributed by atoms with Gasteiger partial charge in [0, 0.05) is 5.56 Å². The van der Waals surface area contributed by atoms with Crippen molar-refractivity contribution in [1.82, 2.24) is 0 Å². The molecule has 1 N–H and O–H groups in total. The van der Waals surface area contributed by atoms with Crippen molar-refractivity contribution in [3.05, 3.63) is 35.9 Å².